The SMILES string of the molecule is Cc1ccc(Nc2ccc(N3CCC(C(F)(F)F)CC3)cc2)cc1. The van der Waals surface area contributed by atoms with Gasteiger partial charge in [-0.25, -0.2) is 0 Å². The fourth-order valence-electron chi connectivity index (χ4n) is 3.02. The maximum atomic E-state index is 12.7. The van der Waals surface area contributed by atoms with E-state index in [2.05, 4.69) is 5.32 Å². The molecule has 0 bridgehead atoms. The van der Waals surface area contributed by atoms with Gasteiger partial charge in [-0.2, -0.15) is 13.2 Å². The normalized spacial score (nSPS) is 16.2. The van der Waals surface area contributed by atoms with Crippen molar-refractivity contribution in [3.63, 3.8) is 0 Å². The number of hydrogen-bond donors (Lipinski definition) is 1. The molecule has 0 spiro atoms. The average Bonchev–Trinajstić information content (AvgIpc) is 2.57. The molecule has 0 amide bonds. The van der Waals surface area contributed by atoms with Crippen molar-refractivity contribution < 1.29 is 13.2 Å². The van der Waals surface area contributed by atoms with E-state index < -0.39 is 12.1 Å². The molecule has 0 atom stereocenters. The van der Waals surface area contributed by atoms with Gasteiger partial charge < -0.3 is 10.2 Å². The number of anilines is 3. The summed E-state index contributed by atoms with van der Waals surface area (Å²) in [6.45, 7) is 2.95. The van der Waals surface area contributed by atoms with Gasteiger partial charge in [-0.3, -0.25) is 0 Å². The molecule has 1 aliphatic rings. The first-order valence-electron chi connectivity index (χ1n) is 8.17. The van der Waals surface area contributed by atoms with Crippen LogP contribution >= 0.6 is 0 Å². The predicted molar refractivity (Wildman–Crippen MR) is 91.9 cm³/mol. The number of piperidine rings is 1. The van der Waals surface area contributed by atoms with Crippen molar-refractivity contribution in [3.8, 4) is 0 Å². The van der Waals surface area contributed by atoms with Crippen LogP contribution in [0.1, 0.15) is 18.4 Å². The van der Waals surface area contributed by atoms with Crippen LogP contribution in [0.15, 0.2) is 48.5 Å². The summed E-state index contributed by atoms with van der Waals surface area (Å²) >= 11 is 0. The molecule has 0 radical (unpaired) electrons. The summed E-state index contributed by atoms with van der Waals surface area (Å²) in [5, 5.41) is 3.32. The molecule has 1 saturated heterocycles. The Balaban J connectivity index is 1.60. The van der Waals surface area contributed by atoms with E-state index in [1.54, 1.807) is 0 Å². The van der Waals surface area contributed by atoms with Crippen LogP contribution in [0.2, 0.25) is 0 Å². The number of rotatable bonds is 3. The zero-order valence-electron chi connectivity index (χ0n) is 13.6. The molecule has 3 rings (SSSR count). The number of benzene rings is 2. The van der Waals surface area contributed by atoms with Gasteiger partial charge in [0.2, 0.25) is 0 Å². The highest BCUT2D eigenvalue weighted by Gasteiger charge is 2.41. The molecule has 0 saturated carbocycles. The van der Waals surface area contributed by atoms with Gasteiger partial charge in [0.05, 0.1) is 5.92 Å². The van der Waals surface area contributed by atoms with E-state index in [1.807, 2.05) is 60.4 Å². The number of hydrogen-bond acceptors (Lipinski definition) is 2. The fraction of sp³-hybridized carbons (Fsp3) is 0.368. The van der Waals surface area contributed by atoms with Gasteiger partial charge in [0.25, 0.3) is 0 Å². The highest BCUT2D eigenvalue weighted by molar-refractivity contribution is 5.63. The maximum Gasteiger partial charge on any atom is 0.391 e. The number of alkyl halides is 3. The zero-order chi connectivity index (χ0) is 17.2. The number of aryl methyl sites for hydroxylation is 1. The van der Waals surface area contributed by atoms with Crippen LogP contribution in [0.5, 0.6) is 0 Å². The van der Waals surface area contributed by atoms with Gasteiger partial charge in [-0.1, -0.05) is 17.7 Å². The van der Waals surface area contributed by atoms with Crippen molar-refractivity contribution >= 4 is 17.1 Å². The summed E-state index contributed by atoms with van der Waals surface area (Å²) in [4.78, 5) is 2.03. The highest BCUT2D eigenvalue weighted by atomic mass is 19.4. The van der Waals surface area contributed by atoms with Crippen molar-refractivity contribution in [2.24, 2.45) is 5.92 Å². The van der Waals surface area contributed by atoms with Gasteiger partial charge in [0.1, 0.15) is 0 Å². The largest absolute Gasteiger partial charge is 0.391 e. The second-order valence-corrected chi connectivity index (χ2v) is 6.34. The Kier molecular flexibility index (Phi) is 4.69. The Morgan fingerprint density at radius 3 is 1.88 bits per heavy atom. The quantitative estimate of drug-likeness (QED) is 0.795. The lowest BCUT2D eigenvalue weighted by molar-refractivity contribution is -0.179. The first-order chi connectivity index (χ1) is 11.4. The van der Waals surface area contributed by atoms with Gasteiger partial charge >= 0.3 is 6.18 Å². The van der Waals surface area contributed by atoms with Crippen LogP contribution in [0.3, 0.4) is 0 Å². The minimum absolute atomic E-state index is 0.173. The third-order valence-corrected chi connectivity index (χ3v) is 4.53. The Labute approximate surface area is 140 Å². The maximum absolute atomic E-state index is 12.7. The summed E-state index contributed by atoms with van der Waals surface area (Å²) in [5.41, 5.74) is 4.16. The minimum Gasteiger partial charge on any atom is -0.372 e. The van der Waals surface area contributed by atoms with Crippen LogP contribution in [-0.2, 0) is 0 Å². The molecule has 0 aliphatic carbocycles. The number of nitrogens with zero attached hydrogens (tertiary/aromatic N) is 1. The topological polar surface area (TPSA) is 15.3 Å². The predicted octanol–water partition coefficient (Wildman–Crippen LogP) is 5.52. The standard InChI is InChI=1S/C19H21F3N2/c1-14-2-4-16(5-3-14)23-17-6-8-18(9-7-17)24-12-10-15(11-13-24)19(20,21)22/h2-9,15,23H,10-13H2,1H3. The van der Waals surface area contributed by atoms with Crippen molar-refractivity contribution in [2.75, 3.05) is 23.3 Å². The van der Waals surface area contributed by atoms with E-state index in [0.29, 0.717) is 13.1 Å². The summed E-state index contributed by atoms with van der Waals surface area (Å²) < 4.78 is 38.2. The molecule has 2 aromatic rings. The van der Waals surface area contributed by atoms with Crippen LogP contribution in [0.4, 0.5) is 30.2 Å². The van der Waals surface area contributed by atoms with E-state index in [0.717, 1.165) is 17.1 Å². The summed E-state index contributed by atoms with van der Waals surface area (Å²) in [7, 11) is 0. The first-order valence-corrected chi connectivity index (χ1v) is 8.17. The van der Waals surface area contributed by atoms with E-state index in [-0.39, 0.29) is 12.8 Å². The zero-order valence-corrected chi connectivity index (χ0v) is 13.6. The Bertz CT molecular complexity index is 655. The minimum atomic E-state index is -4.06. The second-order valence-electron chi connectivity index (χ2n) is 6.34. The summed E-state index contributed by atoms with van der Waals surface area (Å²) in [6.07, 6.45) is -3.71. The monoisotopic (exact) mass is 334 g/mol. The fourth-order valence-corrected chi connectivity index (χ4v) is 3.02. The molecule has 24 heavy (non-hydrogen) atoms. The third kappa shape index (κ3) is 4.02. The summed E-state index contributed by atoms with van der Waals surface area (Å²) in [6, 6.07) is 16.0. The van der Waals surface area contributed by atoms with Gasteiger partial charge in [0, 0.05) is 30.2 Å². The van der Waals surface area contributed by atoms with Crippen LogP contribution in [0, 0.1) is 12.8 Å². The summed E-state index contributed by atoms with van der Waals surface area (Å²) in [5.74, 6) is -1.16. The van der Waals surface area contributed by atoms with Crippen LogP contribution < -0.4 is 10.2 Å². The molecular formula is C19H21F3N2. The third-order valence-electron chi connectivity index (χ3n) is 4.53. The Morgan fingerprint density at radius 1 is 0.875 bits per heavy atom. The molecule has 2 nitrogen and oxygen atoms in total. The van der Waals surface area contributed by atoms with Crippen LogP contribution in [-0.4, -0.2) is 19.3 Å². The Hall–Kier alpha value is -2.17. The van der Waals surface area contributed by atoms with Crippen molar-refractivity contribution in [2.45, 2.75) is 25.9 Å². The smallest absolute Gasteiger partial charge is 0.372 e. The highest BCUT2D eigenvalue weighted by Crippen LogP contribution is 2.35. The lowest BCUT2D eigenvalue weighted by Gasteiger charge is -2.34. The lowest BCUT2D eigenvalue weighted by Crippen LogP contribution is -2.38. The van der Waals surface area contributed by atoms with Crippen LogP contribution in [0.25, 0.3) is 0 Å². The van der Waals surface area contributed by atoms with Crippen molar-refractivity contribution in [1.82, 2.24) is 0 Å². The van der Waals surface area contributed by atoms with Gasteiger partial charge in [0.15, 0.2) is 0 Å². The van der Waals surface area contributed by atoms with Crippen molar-refractivity contribution in [1.29, 1.82) is 0 Å². The van der Waals surface area contributed by atoms with E-state index >= 15 is 0 Å². The molecule has 1 N–H and O–H groups in total. The number of nitrogens with one attached hydrogen (secondary N) is 1. The molecule has 1 fully saturated rings. The lowest BCUT2D eigenvalue weighted by atomic mass is 9.96. The van der Waals surface area contributed by atoms with E-state index in [9.17, 15) is 13.2 Å². The number of halogens is 3. The second kappa shape index (κ2) is 6.75. The first kappa shape index (κ1) is 16.7. The molecule has 1 aliphatic heterocycles. The molecule has 128 valence electrons. The molecule has 0 unspecified atom stereocenters. The van der Waals surface area contributed by atoms with E-state index in [1.165, 1.54) is 5.56 Å². The molecule has 0 aromatic heterocycles. The molecule has 1 heterocycles. The molecular weight excluding hydrogens is 313 g/mol. The Morgan fingerprint density at radius 2 is 1.38 bits per heavy atom. The van der Waals surface area contributed by atoms with Gasteiger partial charge in [-0.15, -0.1) is 0 Å². The van der Waals surface area contributed by atoms with Crippen molar-refractivity contribution in [3.05, 3.63) is 54.1 Å². The van der Waals surface area contributed by atoms with E-state index in [4.69, 9.17) is 0 Å². The van der Waals surface area contributed by atoms with Gasteiger partial charge in [-0.05, 0) is 56.2 Å². The molecule has 5 heteroatoms. The molecule has 2 aromatic carbocycles. The average molecular weight is 334 g/mol.